The highest BCUT2D eigenvalue weighted by Gasteiger charge is 2.52. The van der Waals surface area contributed by atoms with Gasteiger partial charge in [-0.2, -0.15) is 4.31 Å². The van der Waals surface area contributed by atoms with Gasteiger partial charge in [0.15, 0.2) is 5.13 Å². The molecular formula is C46H64N4O7S3. The summed E-state index contributed by atoms with van der Waals surface area (Å²) in [5, 5.41) is 0.372. The summed E-state index contributed by atoms with van der Waals surface area (Å²) in [4.78, 5) is 36.1. The highest BCUT2D eigenvalue weighted by atomic mass is 32.2. The topological polar surface area (TPSA) is 141 Å². The molecule has 1 saturated heterocycles. The fraction of sp³-hybridized carbons (Fsp3) is 0.587. The summed E-state index contributed by atoms with van der Waals surface area (Å²) in [6.45, 7) is 22.4. The zero-order valence-corrected chi connectivity index (χ0v) is 39.7. The van der Waals surface area contributed by atoms with Gasteiger partial charge >= 0.3 is 12.1 Å². The van der Waals surface area contributed by atoms with Crippen LogP contribution in [-0.2, 0) is 56.3 Å². The Morgan fingerprint density at radius 2 is 1.68 bits per heavy atom. The van der Waals surface area contributed by atoms with Crippen molar-refractivity contribution in [3.63, 3.8) is 0 Å². The molecule has 2 atom stereocenters. The number of thiazole rings is 1. The molecule has 3 heterocycles. The van der Waals surface area contributed by atoms with E-state index in [9.17, 15) is 18.0 Å². The number of carbonyl (C=O) groups excluding carboxylic acids is 2. The van der Waals surface area contributed by atoms with E-state index in [0.29, 0.717) is 28.4 Å². The summed E-state index contributed by atoms with van der Waals surface area (Å²) in [5.74, 6) is 0.0619. The summed E-state index contributed by atoms with van der Waals surface area (Å²) < 4.78 is 49.5. The predicted molar refractivity (Wildman–Crippen MR) is 241 cm³/mol. The molecule has 0 spiro atoms. The number of amides is 1. The maximum absolute atomic E-state index is 14.4. The Morgan fingerprint density at radius 1 is 1.00 bits per heavy atom. The maximum atomic E-state index is 14.4. The molecule has 14 heteroatoms. The monoisotopic (exact) mass is 880 g/mol. The summed E-state index contributed by atoms with van der Waals surface area (Å²) in [6.07, 6.45) is 3.65. The van der Waals surface area contributed by atoms with E-state index in [1.807, 2.05) is 48.5 Å². The number of nitrogens with zero attached hydrogens (tertiary/aromatic N) is 3. The number of nitrogen functional groups attached to an aromatic ring is 1. The van der Waals surface area contributed by atoms with E-state index in [-0.39, 0.29) is 41.2 Å². The third-order valence-electron chi connectivity index (χ3n) is 11.0. The number of benzene rings is 2. The molecule has 2 aliphatic rings. The van der Waals surface area contributed by atoms with Gasteiger partial charge in [0, 0.05) is 22.8 Å². The number of anilines is 1. The second kappa shape index (κ2) is 17.7. The fourth-order valence-corrected chi connectivity index (χ4v) is 12.1. The van der Waals surface area contributed by atoms with Crippen LogP contribution < -0.4 is 5.73 Å². The molecular weight excluding hydrogens is 817 g/mol. The summed E-state index contributed by atoms with van der Waals surface area (Å²) in [5.41, 5.74) is 8.93. The molecule has 0 saturated carbocycles. The number of esters is 1. The quantitative estimate of drug-likeness (QED) is 0.123. The Bertz CT molecular complexity index is 2290. The molecule has 1 fully saturated rings. The van der Waals surface area contributed by atoms with Crippen molar-refractivity contribution < 1.29 is 32.2 Å². The van der Waals surface area contributed by atoms with Crippen molar-refractivity contribution in [1.82, 2.24) is 14.2 Å². The van der Waals surface area contributed by atoms with Gasteiger partial charge in [-0.15, -0.1) is 11.3 Å². The Balaban J connectivity index is 1.26. The van der Waals surface area contributed by atoms with Crippen LogP contribution in [-0.4, -0.2) is 77.8 Å². The first-order valence-electron chi connectivity index (χ1n) is 21.2. The standard InChI is InChI=1S/C46H64N4O7S3/c1-28(2)25-49(60(53,54)32-17-18-34-39(23-32)59-42(47)48-34)26-36-35(50(46(10,11)56-36)43(52)57-44(5,6)7)22-31-14-12-30(13-15-31)16-19-38-40(41(51)55-27-29(3)4)33-24-45(8,9)21-20-37(33)58-38/h12-15,17-18,23,28-29,35-36H,16,19-22,24-27H2,1-11H3,(H2,47,48)/t35-,36+/m0/s1. The lowest BCUT2D eigenvalue weighted by Gasteiger charge is -2.35. The average Bonchev–Trinajstić information content (AvgIpc) is 3.76. The smallest absolute Gasteiger partial charge is 0.412 e. The number of sulfonamides is 1. The van der Waals surface area contributed by atoms with Gasteiger partial charge < -0.3 is 19.9 Å². The molecule has 0 radical (unpaired) electrons. The van der Waals surface area contributed by atoms with Gasteiger partial charge in [-0.25, -0.2) is 23.0 Å². The number of aromatic nitrogens is 1. The number of hydrogen-bond acceptors (Lipinski definition) is 11. The molecule has 2 N–H and O–H groups in total. The van der Waals surface area contributed by atoms with Gasteiger partial charge in [-0.1, -0.05) is 77.1 Å². The second-order valence-electron chi connectivity index (χ2n) is 19.6. The van der Waals surface area contributed by atoms with E-state index < -0.39 is 39.6 Å². The maximum Gasteiger partial charge on any atom is 0.412 e. The Hall–Kier alpha value is -3.56. The summed E-state index contributed by atoms with van der Waals surface area (Å²) in [6, 6.07) is 12.7. The van der Waals surface area contributed by atoms with Gasteiger partial charge in [-0.05, 0) is 125 Å². The summed E-state index contributed by atoms with van der Waals surface area (Å²) >= 11 is 3.01. The van der Waals surface area contributed by atoms with Crippen molar-refractivity contribution in [2.45, 2.75) is 143 Å². The predicted octanol–water partition coefficient (Wildman–Crippen LogP) is 9.68. The lowest BCUT2D eigenvalue weighted by molar-refractivity contribution is -0.0807. The van der Waals surface area contributed by atoms with E-state index in [1.165, 1.54) is 26.1 Å². The van der Waals surface area contributed by atoms with Crippen LogP contribution in [0.15, 0.2) is 47.4 Å². The van der Waals surface area contributed by atoms with Crippen molar-refractivity contribution in [3.05, 3.63) is 74.5 Å². The molecule has 4 aromatic rings. The number of carbonyl (C=O) groups is 2. The SMILES string of the molecule is CC(C)COC(=O)c1c(CCc2ccc(C[C@H]3[C@@H](CN(CC(C)C)S(=O)(=O)c4ccc5nc(N)sc5c4)OC(C)(C)N3C(=O)OC(C)(C)C)cc2)sc2c1CC(C)(C)CC2. The van der Waals surface area contributed by atoms with E-state index in [0.717, 1.165) is 53.7 Å². The van der Waals surface area contributed by atoms with Crippen LogP contribution in [0.1, 0.15) is 119 Å². The molecule has 0 bridgehead atoms. The van der Waals surface area contributed by atoms with Crippen molar-refractivity contribution in [2.24, 2.45) is 17.3 Å². The number of nitrogens with two attached hydrogens (primary N) is 1. The fourth-order valence-electron chi connectivity index (χ4n) is 8.28. The zero-order chi connectivity index (χ0) is 43.9. The van der Waals surface area contributed by atoms with Gasteiger partial charge in [0.2, 0.25) is 10.0 Å². The van der Waals surface area contributed by atoms with Gasteiger partial charge in [0.25, 0.3) is 0 Å². The second-order valence-corrected chi connectivity index (χ2v) is 23.8. The first kappa shape index (κ1) is 46.0. The Morgan fingerprint density at radius 3 is 2.33 bits per heavy atom. The van der Waals surface area contributed by atoms with Gasteiger partial charge in [0.1, 0.15) is 11.3 Å². The number of fused-ring (bicyclic) bond motifs is 2. The minimum atomic E-state index is -4.00. The Labute approximate surface area is 365 Å². The minimum absolute atomic E-state index is 0.0122. The van der Waals surface area contributed by atoms with Crippen molar-refractivity contribution in [1.29, 1.82) is 0 Å². The highest BCUT2D eigenvalue weighted by Crippen LogP contribution is 2.43. The van der Waals surface area contributed by atoms with Crippen LogP contribution >= 0.6 is 22.7 Å². The van der Waals surface area contributed by atoms with E-state index in [1.54, 1.807) is 34.4 Å². The lowest BCUT2D eigenvalue weighted by Crippen LogP contribution is -2.52. The first-order valence-corrected chi connectivity index (χ1v) is 24.2. The Kier molecular flexibility index (Phi) is 13.5. The molecule has 11 nitrogen and oxygen atoms in total. The molecule has 1 aliphatic heterocycles. The van der Waals surface area contributed by atoms with Crippen LogP contribution in [0.3, 0.4) is 0 Å². The van der Waals surface area contributed by atoms with Gasteiger partial charge in [-0.3, -0.25) is 4.90 Å². The van der Waals surface area contributed by atoms with Crippen molar-refractivity contribution in [3.8, 4) is 0 Å². The third-order valence-corrected chi connectivity index (χ3v) is 15.1. The van der Waals surface area contributed by atoms with Crippen molar-refractivity contribution >= 4 is 60.1 Å². The number of hydrogen-bond donors (Lipinski definition) is 1. The average molecular weight is 881 g/mol. The van der Waals surface area contributed by atoms with Crippen LogP contribution in [0.25, 0.3) is 10.2 Å². The van der Waals surface area contributed by atoms with Crippen LogP contribution in [0.5, 0.6) is 0 Å². The summed E-state index contributed by atoms with van der Waals surface area (Å²) in [7, 11) is -4.00. The molecule has 328 valence electrons. The van der Waals surface area contributed by atoms with Gasteiger partial charge in [0.05, 0.1) is 39.4 Å². The number of ether oxygens (including phenoxy) is 3. The van der Waals surface area contributed by atoms with E-state index >= 15 is 0 Å². The molecule has 1 amide bonds. The first-order chi connectivity index (χ1) is 27.9. The minimum Gasteiger partial charge on any atom is -0.462 e. The molecule has 2 aromatic carbocycles. The van der Waals surface area contributed by atoms with E-state index in [2.05, 4.69) is 56.9 Å². The van der Waals surface area contributed by atoms with Crippen LogP contribution in [0, 0.1) is 17.3 Å². The number of rotatable bonds is 14. The normalized spacial score (nSPS) is 19.1. The van der Waals surface area contributed by atoms with Crippen molar-refractivity contribution in [2.75, 3.05) is 25.4 Å². The molecule has 60 heavy (non-hydrogen) atoms. The van der Waals surface area contributed by atoms with Crippen LogP contribution in [0.2, 0.25) is 0 Å². The van der Waals surface area contributed by atoms with E-state index in [4.69, 9.17) is 19.9 Å². The number of aryl methyl sites for hydroxylation is 3. The molecule has 1 aliphatic carbocycles. The number of thiophene rings is 1. The lowest BCUT2D eigenvalue weighted by atomic mass is 9.76. The highest BCUT2D eigenvalue weighted by molar-refractivity contribution is 7.89. The largest absolute Gasteiger partial charge is 0.462 e. The third kappa shape index (κ3) is 10.7. The zero-order valence-electron chi connectivity index (χ0n) is 37.2. The molecule has 2 aromatic heterocycles. The van der Waals surface area contributed by atoms with Crippen LogP contribution in [0.4, 0.5) is 9.93 Å². The molecule has 0 unspecified atom stereocenters. The molecule has 6 rings (SSSR count).